The molecular formula is C30H38O5Si. The molecule has 36 heavy (non-hydrogen) atoms. The lowest BCUT2D eigenvalue weighted by Crippen LogP contribution is -2.67. The van der Waals surface area contributed by atoms with Crippen LogP contribution in [0.2, 0.25) is 5.04 Å². The average Bonchev–Trinajstić information content (AvgIpc) is 2.90. The summed E-state index contributed by atoms with van der Waals surface area (Å²) in [7, 11) is -1.02. The van der Waals surface area contributed by atoms with Gasteiger partial charge >= 0.3 is 0 Å². The molecule has 0 radical (unpaired) electrons. The summed E-state index contributed by atoms with van der Waals surface area (Å²) >= 11 is 0. The quantitative estimate of drug-likeness (QED) is 0.134. The number of benzene rings is 3. The summed E-state index contributed by atoms with van der Waals surface area (Å²) < 4.78 is 23.3. The van der Waals surface area contributed by atoms with Crippen molar-refractivity contribution in [3.05, 3.63) is 90.5 Å². The predicted octanol–water partition coefficient (Wildman–Crippen LogP) is 4.97. The van der Waals surface area contributed by atoms with E-state index in [9.17, 15) is 4.79 Å². The molecule has 0 heterocycles. The number of hydrogen-bond acceptors (Lipinski definition) is 5. The number of methoxy groups -OCH3 is 1. The first-order valence-corrected chi connectivity index (χ1v) is 14.3. The molecule has 6 heteroatoms. The fourth-order valence-corrected chi connectivity index (χ4v) is 9.04. The largest absolute Gasteiger partial charge is 0.497 e. The molecule has 0 aliphatic rings. The molecule has 3 aromatic carbocycles. The first-order chi connectivity index (χ1) is 17.4. The number of rotatable bonds is 14. The van der Waals surface area contributed by atoms with Crippen LogP contribution in [0.5, 0.6) is 5.75 Å². The Morgan fingerprint density at radius 2 is 1.42 bits per heavy atom. The van der Waals surface area contributed by atoms with E-state index in [0.29, 0.717) is 26.2 Å². The molecular weight excluding hydrogens is 468 g/mol. The van der Waals surface area contributed by atoms with E-state index in [1.165, 1.54) is 10.4 Å². The Balaban J connectivity index is 1.58. The van der Waals surface area contributed by atoms with E-state index in [1.807, 2.05) is 36.4 Å². The molecule has 0 bridgehead atoms. The Labute approximate surface area is 216 Å². The monoisotopic (exact) mass is 506 g/mol. The minimum atomic E-state index is -2.67. The van der Waals surface area contributed by atoms with E-state index in [1.54, 1.807) is 7.11 Å². The fraction of sp³-hybridized carbons (Fsp3) is 0.367. The topological polar surface area (TPSA) is 54.0 Å². The molecule has 3 rings (SSSR count). The molecule has 0 N–H and O–H groups in total. The minimum absolute atomic E-state index is 0.130. The molecule has 192 valence electrons. The van der Waals surface area contributed by atoms with Gasteiger partial charge in [-0.3, -0.25) is 0 Å². The van der Waals surface area contributed by atoms with Crippen molar-refractivity contribution < 1.29 is 23.4 Å². The fourth-order valence-electron chi connectivity index (χ4n) is 4.42. The normalized spacial score (nSPS) is 12.8. The van der Waals surface area contributed by atoms with Crippen LogP contribution in [0, 0.1) is 5.92 Å². The van der Waals surface area contributed by atoms with Gasteiger partial charge in [-0.05, 0) is 39.5 Å². The van der Waals surface area contributed by atoms with E-state index >= 15 is 0 Å². The van der Waals surface area contributed by atoms with Crippen molar-refractivity contribution in [3.8, 4) is 5.75 Å². The predicted molar refractivity (Wildman–Crippen MR) is 146 cm³/mol. The maximum absolute atomic E-state index is 11.9. The molecule has 0 aliphatic carbocycles. The molecule has 5 nitrogen and oxygen atoms in total. The number of aldehydes is 1. The summed E-state index contributed by atoms with van der Waals surface area (Å²) in [5, 5.41) is 2.28. The first-order valence-electron chi connectivity index (χ1n) is 12.4. The van der Waals surface area contributed by atoms with Crippen LogP contribution in [0.3, 0.4) is 0 Å². The van der Waals surface area contributed by atoms with Crippen molar-refractivity contribution in [2.24, 2.45) is 5.92 Å². The van der Waals surface area contributed by atoms with Gasteiger partial charge in [0.25, 0.3) is 8.32 Å². The molecule has 0 saturated carbocycles. The van der Waals surface area contributed by atoms with Gasteiger partial charge in [-0.25, -0.2) is 0 Å². The van der Waals surface area contributed by atoms with Gasteiger partial charge < -0.3 is 23.4 Å². The van der Waals surface area contributed by atoms with E-state index in [0.717, 1.165) is 17.6 Å². The maximum atomic E-state index is 11.9. The molecule has 0 spiro atoms. The van der Waals surface area contributed by atoms with Crippen LogP contribution in [0.15, 0.2) is 84.9 Å². The van der Waals surface area contributed by atoms with Crippen molar-refractivity contribution in [1.82, 2.24) is 0 Å². The van der Waals surface area contributed by atoms with Gasteiger partial charge in [-0.15, -0.1) is 0 Å². The van der Waals surface area contributed by atoms with Gasteiger partial charge in [0.05, 0.1) is 20.3 Å². The molecule has 0 amide bonds. The summed E-state index contributed by atoms with van der Waals surface area (Å²) in [5.41, 5.74) is 1.05. The Hall–Kier alpha value is -2.77. The van der Waals surface area contributed by atoms with Crippen molar-refractivity contribution in [2.45, 2.75) is 38.8 Å². The highest BCUT2D eigenvalue weighted by Gasteiger charge is 2.50. The van der Waals surface area contributed by atoms with Crippen LogP contribution in [0.1, 0.15) is 32.8 Å². The van der Waals surface area contributed by atoms with Gasteiger partial charge in [0.2, 0.25) is 0 Å². The Bertz CT molecular complexity index is 993. The summed E-state index contributed by atoms with van der Waals surface area (Å²) in [6, 6.07) is 28.7. The second-order valence-corrected chi connectivity index (χ2v) is 14.2. The third kappa shape index (κ3) is 7.14. The summed E-state index contributed by atoms with van der Waals surface area (Å²) in [6.45, 7) is 8.11. The lowest BCUT2D eigenvalue weighted by atomic mass is 10.1. The van der Waals surface area contributed by atoms with Gasteiger partial charge in [0.15, 0.2) is 0 Å². The second kappa shape index (κ2) is 13.5. The van der Waals surface area contributed by atoms with Crippen LogP contribution in [-0.2, 0) is 25.3 Å². The van der Waals surface area contributed by atoms with E-state index in [4.69, 9.17) is 18.6 Å². The minimum Gasteiger partial charge on any atom is -0.497 e. The van der Waals surface area contributed by atoms with Crippen molar-refractivity contribution >= 4 is 25.0 Å². The van der Waals surface area contributed by atoms with E-state index in [-0.39, 0.29) is 17.7 Å². The van der Waals surface area contributed by atoms with E-state index < -0.39 is 8.32 Å². The Morgan fingerprint density at radius 3 is 1.92 bits per heavy atom. The van der Waals surface area contributed by atoms with Crippen LogP contribution in [0.4, 0.5) is 0 Å². The van der Waals surface area contributed by atoms with Crippen LogP contribution < -0.4 is 15.1 Å². The zero-order valence-electron chi connectivity index (χ0n) is 21.8. The molecule has 0 saturated heterocycles. The molecule has 1 atom stereocenters. The maximum Gasteiger partial charge on any atom is 0.261 e. The number of ether oxygens (including phenoxy) is 3. The van der Waals surface area contributed by atoms with Crippen molar-refractivity contribution in [1.29, 1.82) is 0 Å². The van der Waals surface area contributed by atoms with Crippen molar-refractivity contribution in [2.75, 3.05) is 27.1 Å². The van der Waals surface area contributed by atoms with Gasteiger partial charge in [-0.2, -0.15) is 0 Å². The van der Waals surface area contributed by atoms with Crippen LogP contribution >= 0.6 is 0 Å². The summed E-state index contributed by atoms with van der Waals surface area (Å²) in [5.74, 6) is 0.559. The zero-order valence-corrected chi connectivity index (χ0v) is 22.8. The highest BCUT2D eigenvalue weighted by atomic mass is 28.4. The third-order valence-electron chi connectivity index (χ3n) is 6.35. The molecule has 0 fully saturated rings. The lowest BCUT2D eigenvalue weighted by molar-refractivity contribution is -0.113. The molecule has 0 unspecified atom stereocenters. The van der Waals surface area contributed by atoms with Crippen LogP contribution in [-0.4, -0.2) is 41.7 Å². The highest BCUT2D eigenvalue weighted by Crippen LogP contribution is 2.37. The Morgan fingerprint density at radius 1 is 0.833 bits per heavy atom. The smallest absolute Gasteiger partial charge is 0.261 e. The molecule has 3 aromatic rings. The summed E-state index contributed by atoms with van der Waals surface area (Å²) in [4.78, 5) is 11.9. The molecule has 0 aromatic heterocycles. The number of carbonyl (C=O) groups excluding carboxylic acids is 1. The second-order valence-electron chi connectivity index (χ2n) is 9.88. The van der Waals surface area contributed by atoms with E-state index in [2.05, 4.69) is 69.3 Å². The van der Waals surface area contributed by atoms with Crippen LogP contribution in [0.25, 0.3) is 0 Å². The number of hydrogen-bond donors (Lipinski definition) is 0. The first kappa shape index (κ1) is 27.8. The zero-order chi connectivity index (χ0) is 25.9. The van der Waals surface area contributed by atoms with Gasteiger partial charge in [0.1, 0.15) is 18.8 Å². The standard InChI is InChI=1S/C30H38O5Si/c1-30(2,3)36(28-11-7-5-8-12-28,29-13-9-6-10-14-29)35-23-26(21-31)19-20-33-24-34-22-25-15-17-27(32-4)18-16-25/h5-18,21,26H,19-20,22-24H2,1-4H3/t26-/m0/s1. The van der Waals surface area contributed by atoms with Gasteiger partial charge in [-0.1, -0.05) is 93.6 Å². The SMILES string of the molecule is COc1ccc(COCOCC[C@@H](C=O)CO[Si](c2ccccc2)(c2ccccc2)C(C)(C)C)cc1. The number of carbonyl (C=O) groups is 1. The van der Waals surface area contributed by atoms with Crippen molar-refractivity contribution in [3.63, 3.8) is 0 Å². The summed E-state index contributed by atoms with van der Waals surface area (Å²) in [6.07, 6.45) is 1.56. The lowest BCUT2D eigenvalue weighted by Gasteiger charge is -2.43. The van der Waals surface area contributed by atoms with Gasteiger partial charge in [0, 0.05) is 12.5 Å². The third-order valence-corrected chi connectivity index (χ3v) is 11.4. The Kier molecular flexibility index (Phi) is 10.4. The molecule has 0 aliphatic heterocycles. The highest BCUT2D eigenvalue weighted by molar-refractivity contribution is 6.99. The average molecular weight is 507 g/mol.